The molecule has 3 N–H and O–H groups in total. The first kappa shape index (κ1) is 23.6. The van der Waals surface area contributed by atoms with Gasteiger partial charge in [-0.3, -0.25) is 9.59 Å². The topological polar surface area (TPSA) is 146 Å². The number of nitrogens with two attached hydrogens (primary N) is 1. The molecule has 2 rings (SSSR count). The van der Waals surface area contributed by atoms with Crippen LogP contribution in [0.15, 0.2) is 23.6 Å². The summed E-state index contributed by atoms with van der Waals surface area (Å²) in [5, 5.41) is 3.06. The molecule has 0 aliphatic carbocycles. The Balaban J connectivity index is 1.87. The number of hydrogen-bond acceptors (Lipinski definition) is 10. The fraction of sp³-hybridized carbons (Fsp3) is 0.294. The van der Waals surface area contributed by atoms with Gasteiger partial charge in [0.15, 0.2) is 17.1 Å². The van der Waals surface area contributed by atoms with Crippen LogP contribution in [0, 0.1) is 0 Å². The number of thioether (sulfide) groups is 1. The van der Waals surface area contributed by atoms with Crippen molar-refractivity contribution in [3.8, 4) is 0 Å². The highest BCUT2D eigenvalue weighted by atomic mass is 35.5. The van der Waals surface area contributed by atoms with Crippen molar-refractivity contribution in [1.82, 2.24) is 15.0 Å². The van der Waals surface area contributed by atoms with E-state index < -0.39 is 23.9 Å². The maximum atomic E-state index is 12.1. The number of ether oxygens (including phenoxy) is 2. The van der Waals surface area contributed by atoms with E-state index in [9.17, 15) is 14.4 Å². The largest absolute Gasteiger partial charge is 0.462 e. The third-order valence-corrected chi connectivity index (χ3v) is 4.67. The predicted octanol–water partition coefficient (Wildman–Crippen LogP) is 2.60. The Hall–Kier alpha value is -2.63. The van der Waals surface area contributed by atoms with Crippen LogP contribution in [0.25, 0.3) is 0 Å². The maximum absolute atomic E-state index is 12.1. The minimum Gasteiger partial charge on any atom is -0.462 e. The minimum absolute atomic E-state index is 0.0311. The zero-order chi connectivity index (χ0) is 22.3. The lowest BCUT2D eigenvalue weighted by Crippen LogP contribution is -2.31. The Labute approximate surface area is 185 Å². The summed E-state index contributed by atoms with van der Waals surface area (Å²) >= 11 is 12.6. The zero-order valence-electron chi connectivity index (χ0n) is 15.8. The van der Waals surface area contributed by atoms with Crippen LogP contribution in [0.2, 0.25) is 10.0 Å². The van der Waals surface area contributed by atoms with Crippen LogP contribution in [-0.4, -0.2) is 51.3 Å². The molecule has 0 spiro atoms. The van der Waals surface area contributed by atoms with E-state index in [4.69, 9.17) is 38.4 Å². The lowest BCUT2D eigenvalue weighted by atomic mass is 10.3. The quantitative estimate of drug-likeness (QED) is 0.332. The second kappa shape index (κ2) is 11.0. The Morgan fingerprint density at radius 1 is 1.27 bits per heavy atom. The third kappa shape index (κ3) is 6.71. The van der Waals surface area contributed by atoms with Gasteiger partial charge in [0.05, 0.1) is 22.4 Å². The monoisotopic (exact) mass is 473 g/mol. The van der Waals surface area contributed by atoms with Crippen LogP contribution >= 0.6 is 35.0 Å². The molecular weight excluding hydrogens is 457 g/mol. The lowest BCUT2D eigenvalue weighted by Gasteiger charge is -2.13. The number of amides is 1. The molecule has 1 unspecified atom stereocenters. The highest BCUT2D eigenvalue weighted by molar-refractivity contribution is 7.99. The molecule has 10 nitrogen and oxygen atoms in total. The number of aromatic nitrogens is 3. The normalized spacial score (nSPS) is 11.5. The second-order valence-corrected chi connectivity index (χ2v) is 7.35. The molecule has 0 radical (unpaired) electrons. The molecule has 160 valence electrons. The summed E-state index contributed by atoms with van der Waals surface area (Å²) in [5.74, 6) is -2.11. The molecule has 0 aliphatic rings. The van der Waals surface area contributed by atoms with Gasteiger partial charge >= 0.3 is 11.9 Å². The predicted molar refractivity (Wildman–Crippen MR) is 112 cm³/mol. The fourth-order valence-electron chi connectivity index (χ4n) is 1.95. The van der Waals surface area contributed by atoms with Crippen molar-refractivity contribution in [3.63, 3.8) is 0 Å². The van der Waals surface area contributed by atoms with Gasteiger partial charge in [-0.2, -0.15) is 0 Å². The van der Waals surface area contributed by atoms with E-state index in [2.05, 4.69) is 20.3 Å². The van der Waals surface area contributed by atoms with Gasteiger partial charge in [0.2, 0.25) is 0 Å². The molecule has 0 aliphatic heterocycles. The van der Waals surface area contributed by atoms with E-state index >= 15 is 0 Å². The van der Waals surface area contributed by atoms with Gasteiger partial charge in [0.25, 0.3) is 5.91 Å². The fourth-order valence-corrected chi connectivity index (χ4v) is 2.98. The van der Waals surface area contributed by atoms with Gasteiger partial charge in [0.1, 0.15) is 11.4 Å². The average Bonchev–Trinajstić information content (AvgIpc) is 2.68. The molecule has 2 aromatic rings. The molecule has 30 heavy (non-hydrogen) atoms. The summed E-state index contributed by atoms with van der Waals surface area (Å²) in [7, 11) is 0. The Bertz CT molecular complexity index is 962. The summed E-state index contributed by atoms with van der Waals surface area (Å²) in [6, 6.07) is 1.41. The van der Waals surface area contributed by atoms with E-state index in [-0.39, 0.29) is 39.7 Å². The molecule has 0 saturated heterocycles. The van der Waals surface area contributed by atoms with Gasteiger partial charge in [-0.15, -0.1) is 0 Å². The SMILES string of the molecule is CCOC(=O)c1cnc(SCC(=O)OC(C)C(=O)Nc2ncc(Cl)cc2Cl)nc1N. The standard InChI is InChI=1S/C17H17Cl2N5O5S/c1-3-28-16(27)10-6-22-17(23-13(10)20)30-7-12(25)29-8(2)15(26)24-14-11(19)4-9(18)5-21-14/h4-6,8H,3,7H2,1-2H3,(H2,20,22,23)(H,21,24,26). The molecule has 0 bridgehead atoms. The van der Waals surface area contributed by atoms with Gasteiger partial charge in [0, 0.05) is 12.4 Å². The first-order valence-electron chi connectivity index (χ1n) is 8.45. The van der Waals surface area contributed by atoms with Crippen molar-refractivity contribution in [2.75, 3.05) is 23.4 Å². The van der Waals surface area contributed by atoms with Crippen molar-refractivity contribution >= 4 is 64.4 Å². The van der Waals surface area contributed by atoms with Gasteiger partial charge < -0.3 is 20.5 Å². The molecule has 0 fully saturated rings. The van der Waals surface area contributed by atoms with Crippen LogP contribution in [0.3, 0.4) is 0 Å². The molecule has 13 heteroatoms. The molecule has 1 amide bonds. The Morgan fingerprint density at radius 2 is 2.00 bits per heavy atom. The highest BCUT2D eigenvalue weighted by Gasteiger charge is 2.20. The number of nitrogens with zero attached hydrogens (tertiary/aromatic N) is 3. The summed E-state index contributed by atoms with van der Waals surface area (Å²) in [6.45, 7) is 3.24. The number of hydrogen-bond donors (Lipinski definition) is 2. The summed E-state index contributed by atoms with van der Waals surface area (Å²) in [5.41, 5.74) is 5.75. The van der Waals surface area contributed by atoms with E-state index in [1.165, 1.54) is 25.4 Å². The Morgan fingerprint density at radius 3 is 2.63 bits per heavy atom. The van der Waals surface area contributed by atoms with Crippen molar-refractivity contribution in [2.45, 2.75) is 25.1 Å². The maximum Gasteiger partial charge on any atom is 0.343 e. The number of esters is 2. The highest BCUT2D eigenvalue weighted by Crippen LogP contribution is 2.23. The average molecular weight is 474 g/mol. The first-order chi connectivity index (χ1) is 14.2. The second-order valence-electron chi connectivity index (χ2n) is 5.57. The van der Waals surface area contributed by atoms with Gasteiger partial charge in [-0.05, 0) is 19.9 Å². The van der Waals surface area contributed by atoms with E-state index in [1.807, 2.05) is 0 Å². The van der Waals surface area contributed by atoms with E-state index in [0.29, 0.717) is 5.02 Å². The number of rotatable bonds is 8. The summed E-state index contributed by atoms with van der Waals surface area (Å²) in [4.78, 5) is 47.6. The molecule has 0 aromatic carbocycles. The molecule has 1 atom stereocenters. The number of halogens is 2. The van der Waals surface area contributed by atoms with Gasteiger partial charge in [-0.25, -0.2) is 19.7 Å². The number of carbonyl (C=O) groups excluding carboxylic acids is 3. The lowest BCUT2D eigenvalue weighted by molar-refractivity contribution is -0.150. The summed E-state index contributed by atoms with van der Waals surface area (Å²) < 4.78 is 9.90. The van der Waals surface area contributed by atoms with Crippen LogP contribution in [-0.2, 0) is 19.1 Å². The van der Waals surface area contributed by atoms with Crippen molar-refractivity contribution in [2.24, 2.45) is 0 Å². The van der Waals surface area contributed by atoms with Gasteiger partial charge in [-0.1, -0.05) is 35.0 Å². The molecule has 2 heterocycles. The van der Waals surface area contributed by atoms with Crippen molar-refractivity contribution < 1.29 is 23.9 Å². The number of nitrogen functional groups attached to an aromatic ring is 1. The third-order valence-electron chi connectivity index (χ3n) is 3.34. The molecule has 2 aromatic heterocycles. The van der Waals surface area contributed by atoms with Crippen LogP contribution in [0.1, 0.15) is 24.2 Å². The number of anilines is 2. The van der Waals surface area contributed by atoms with E-state index in [1.54, 1.807) is 6.92 Å². The van der Waals surface area contributed by atoms with Crippen molar-refractivity contribution in [1.29, 1.82) is 0 Å². The van der Waals surface area contributed by atoms with Crippen molar-refractivity contribution in [3.05, 3.63) is 34.1 Å². The minimum atomic E-state index is -1.11. The smallest absolute Gasteiger partial charge is 0.343 e. The zero-order valence-corrected chi connectivity index (χ0v) is 18.2. The van der Waals surface area contributed by atoms with Crippen LogP contribution in [0.4, 0.5) is 11.6 Å². The number of nitrogens with one attached hydrogen (secondary N) is 1. The molecular formula is C17H17Cl2N5O5S. The summed E-state index contributed by atoms with van der Waals surface area (Å²) in [6.07, 6.45) is 1.42. The number of carbonyl (C=O) groups is 3. The molecule has 0 saturated carbocycles. The van der Waals surface area contributed by atoms with Crippen LogP contribution < -0.4 is 11.1 Å². The first-order valence-corrected chi connectivity index (χ1v) is 10.2. The van der Waals surface area contributed by atoms with Crippen LogP contribution in [0.5, 0.6) is 0 Å². The van der Waals surface area contributed by atoms with E-state index in [0.717, 1.165) is 11.8 Å². The Kier molecular flexibility index (Phi) is 8.63. The number of pyridine rings is 1.